The van der Waals surface area contributed by atoms with Crippen LogP contribution in [-0.4, -0.2) is 31.4 Å². The Labute approximate surface area is 182 Å². The first-order valence-electron chi connectivity index (χ1n) is 9.92. The van der Waals surface area contributed by atoms with Crippen LogP contribution in [0.3, 0.4) is 0 Å². The molecule has 30 heavy (non-hydrogen) atoms. The highest BCUT2D eigenvalue weighted by Crippen LogP contribution is 2.34. The molecule has 0 radical (unpaired) electrons. The van der Waals surface area contributed by atoms with Gasteiger partial charge in [-0.15, -0.1) is 11.3 Å². The summed E-state index contributed by atoms with van der Waals surface area (Å²) in [4.78, 5) is 6.12. The van der Waals surface area contributed by atoms with Crippen molar-refractivity contribution in [2.75, 3.05) is 13.7 Å². The fraction of sp³-hybridized carbons (Fsp3) is 0.348. The average molecular weight is 443 g/mol. The van der Waals surface area contributed by atoms with Gasteiger partial charge in [0.1, 0.15) is 10.8 Å². The maximum atomic E-state index is 13.2. The van der Waals surface area contributed by atoms with Crippen molar-refractivity contribution >= 4 is 21.4 Å². The van der Waals surface area contributed by atoms with Crippen molar-refractivity contribution in [2.45, 2.75) is 44.0 Å². The summed E-state index contributed by atoms with van der Waals surface area (Å²) < 4.78 is 33.2. The minimum atomic E-state index is -3.54. The number of rotatable bonds is 4. The van der Waals surface area contributed by atoms with Crippen LogP contribution in [-0.2, 0) is 28.4 Å². The Morgan fingerprint density at radius 1 is 1.03 bits per heavy atom. The monoisotopic (exact) mass is 442 g/mol. The zero-order valence-corrected chi connectivity index (χ0v) is 19.3. The second-order valence-corrected chi connectivity index (χ2v) is 11.5. The molecule has 0 saturated carbocycles. The van der Waals surface area contributed by atoms with E-state index in [1.807, 2.05) is 36.4 Å². The molecule has 0 fully saturated rings. The topological polar surface area (TPSA) is 59.5 Å². The summed E-state index contributed by atoms with van der Waals surface area (Å²) in [6.45, 7) is 7.17. The Kier molecular flexibility index (Phi) is 5.46. The number of sulfonamides is 1. The van der Waals surface area contributed by atoms with Crippen LogP contribution in [0.1, 0.15) is 36.9 Å². The summed E-state index contributed by atoms with van der Waals surface area (Å²) in [7, 11) is -1.89. The first kappa shape index (κ1) is 21.0. The second-order valence-electron chi connectivity index (χ2n) is 8.48. The molecule has 2 aromatic carbocycles. The molecule has 0 saturated heterocycles. The van der Waals surface area contributed by atoms with E-state index in [1.54, 1.807) is 34.9 Å². The Morgan fingerprint density at radius 2 is 1.70 bits per heavy atom. The highest BCUT2D eigenvalue weighted by atomic mass is 32.2. The van der Waals surface area contributed by atoms with Gasteiger partial charge in [0.2, 0.25) is 10.0 Å². The smallest absolute Gasteiger partial charge is 0.243 e. The van der Waals surface area contributed by atoms with Gasteiger partial charge in [0.15, 0.2) is 0 Å². The number of aromatic nitrogens is 1. The Bertz CT molecular complexity index is 1140. The van der Waals surface area contributed by atoms with E-state index in [0.29, 0.717) is 24.4 Å². The van der Waals surface area contributed by atoms with Gasteiger partial charge < -0.3 is 4.74 Å². The molecule has 1 aliphatic rings. The minimum absolute atomic E-state index is 0.0111. The predicted molar refractivity (Wildman–Crippen MR) is 121 cm³/mol. The van der Waals surface area contributed by atoms with Crippen LogP contribution in [0.25, 0.3) is 10.6 Å². The summed E-state index contributed by atoms with van der Waals surface area (Å²) in [5, 5.41) is 0.913. The van der Waals surface area contributed by atoms with Crippen LogP contribution in [0.4, 0.5) is 0 Å². The van der Waals surface area contributed by atoms with Crippen LogP contribution in [0.2, 0.25) is 0 Å². The maximum Gasteiger partial charge on any atom is 0.243 e. The fourth-order valence-electron chi connectivity index (χ4n) is 3.51. The normalized spacial score (nSPS) is 15.1. The minimum Gasteiger partial charge on any atom is -0.497 e. The van der Waals surface area contributed by atoms with Gasteiger partial charge in [-0.2, -0.15) is 4.31 Å². The lowest BCUT2D eigenvalue weighted by Gasteiger charge is -2.26. The van der Waals surface area contributed by atoms with Crippen molar-refractivity contribution in [1.82, 2.24) is 9.29 Å². The van der Waals surface area contributed by atoms with E-state index in [4.69, 9.17) is 9.72 Å². The van der Waals surface area contributed by atoms with Gasteiger partial charge >= 0.3 is 0 Å². The van der Waals surface area contributed by atoms with E-state index in [1.165, 1.54) is 0 Å². The first-order valence-corrected chi connectivity index (χ1v) is 12.2. The molecule has 3 aromatic rings. The van der Waals surface area contributed by atoms with Crippen molar-refractivity contribution in [3.63, 3.8) is 0 Å². The fourth-order valence-corrected chi connectivity index (χ4v) is 6.13. The molecule has 1 aliphatic heterocycles. The van der Waals surface area contributed by atoms with Crippen LogP contribution in [0, 0.1) is 0 Å². The van der Waals surface area contributed by atoms with Gasteiger partial charge in [0, 0.05) is 23.4 Å². The molecule has 0 unspecified atom stereocenters. The Hall–Kier alpha value is -2.22. The molecule has 2 heterocycles. The molecular weight excluding hydrogens is 416 g/mol. The highest BCUT2D eigenvalue weighted by Gasteiger charge is 2.30. The molecule has 0 aliphatic carbocycles. The van der Waals surface area contributed by atoms with Crippen molar-refractivity contribution in [3.05, 3.63) is 64.7 Å². The van der Waals surface area contributed by atoms with E-state index in [9.17, 15) is 8.42 Å². The summed E-state index contributed by atoms with van der Waals surface area (Å²) in [5.74, 6) is 0.801. The summed E-state index contributed by atoms with van der Waals surface area (Å²) in [6, 6.07) is 15.1. The number of methoxy groups -OCH3 is 1. The molecule has 4 rings (SSSR count). The molecule has 0 N–H and O–H groups in total. The van der Waals surface area contributed by atoms with E-state index in [2.05, 4.69) is 20.8 Å². The third-order valence-electron chi connectivity index (χ3n) is 5.39. The number of hydrogen-bond acceptors (Lipinski definition) is 5. The quantitative estimate of drug-likeness (QED) is 0.579. The molecule has 1 aromatic heterocycles. The number of ether oxygens (including phenoxy) is 1. The zero-order valence-electron chi connectivity index (χ0n) is 17.7. The van der Waals surface area contributed by atoms with Crippen LogP contribution < -0.4 is 4.74 Å². The number of nitrogens with zero attached hydrogens (tertiary/aromatic N) is 2. The highest BCUT2D eigenvalue weighted by molar-refractivity contribution is 7.89. The summed E-state index contributed by atoms with van der Waals surface area (Å²) in [6.07, 6.45) is 0.626. The number of hydrogen-bond donors (Lipinski definition) is 0. The third kappa shape index (κ3) is 4.02. The molecule has 158 valence electrons. The van der Waals surface area contributed by atoms with Gasteiger partial charge in [0.25, 0.3) is 0 Å². The number of thiazole rings is 1. The van der Waals surface area contributed by atoms with E-state index >= 15 is 0 Å². The lowest BCUT2D eigenvalue weighted by Crippen LogP contribution is -2.35. The molecular formula is C23H26N2O3S2. The van der Waals surface area contributed by atoms with Crippen molar-refractivity contribution in [1.29, 1.82) is 0 Å². The first-order chi connectivity index (χ1) is 14.2. The zero-order chi connectivity index (χ0) is 21.5. The lowest BCUT2D eigenvalue weighted by molar-refractivity contribution is 0.393. The Morgan fingerprint density at radius 3 is 2.30 bits per heavy atom. The van der Waals surface area contributed by atoms with Crippen molar-refractivity contribution < 1.29 is 13.2 Å². The van der Waals surface area contributed by atoms with Gasteiger partial charge in [-0.05, 0) is 47.4 Å². The number of fused-ring (bicyclic) bond motifs is 1. The molecule has 5 nitrogen and oxygen atoms in total. The standard InChI is InChI=1S/C23H26N2O3S2/c1-23(2,3)17-7-11-19(12-8-17)30(26,27)25-14-13-20-21(15-25)29-22(24-20)16-5-9-18(28-4)10-6-16/h5-12H,13-15H2,1-4H3. The Balaban J connectivity index is 1.56. The van der Waals surface area contributed by atoms with E-state index in [0.717, 1.165) is 32.5 Å². The van der Waals surface area contributed by atoms with Crippen LogP contribution in [0.5, 0.6) is 5.75 Å². The average Bonchev–Trinajstić information content (AvgIpc) is 3.16. The number of benzene rings is 2. The predicted octanol–water partition coefficient (Wildman–Crippen LogP) is 4.86. The van der Waals surface area contributed by atoms with Crippen molar-refractivity contribution in [2.24, 2.45) is 0 Å². The maximum absolute atomic E-state index is 13.2. The van der Waals surface area contributed by atoms with E-state index < -0.39 is 10.0 Å². The van der Waals surface area contributed by atoms with Crippen molar-refractivity contribution in [3.8, 4) is 16.3 Å². The van der Waals surface area contributed by atoms with Gasteiger partial charge in [0.05, 0.1) is 24.2 Å². The SMILES string of the molecule is COc1ccc(-c2nc3c(s2)CN(S(=O)(=O)c2ccc(C(C)(C)C)cc2)CC3)cc1. The largest absolute Gasteiger partial charge is 0.497 e. The van der Waals surface area contributed by atoms with Crippen LogP contribution in [0.15, 0.2) is 53.4 Å². The van der Waals surface area contributed by atoms with Gasteiger partial charge in [-0.25, -0.2) is 13.4 Å². The summed E-state index contributed by atoms with van der Waals surface area (Å²) in [5.41, 5.74) is 3.12. The van der Waals surface area contributed by atoms with E-state index in [-0.39, 0.29) is 5.41 Å². The summed E-state index contributed by atoms with van der Waals surface area (Å²) >= 11 is 1.56. The molecule has 0 amide bonds. The molecule has 7 heteroatoms. The third-order valence-corrected chi connectivity index (χ3v) is 8.38. The van der Waals surface area contributed by atoms with Crippen LogP contribution >= 0.6 is 11.3 Å². The van der Waals surface area contributed by atoms with Gasteiger partial charge in [-0.3, -0.25) is 0 Å². The lowest BCUT2D eigenvalue weighted by atomic mass is 9.87. The molecule has 0 spiro atoms. The van der Waals surface area contributed by atoms with Gasteiger partial charge in [-0.1, -0.05) is 32.9 Å². The second kappa shape index (κ2) is 7.80. The molecule has 0 atom stereocenters. The molecule has 0 bridgehead atoms.